The van der Waals surface area contributed by atoms with Crippen LogP contribution < -0.4 is 9.70 Å². The number of carbonyl (C=O) groups is 1. The van der Waals surface area contributed by atoms with Gasteiger partial charge >= 0.3 is 0 Å². The normalized spacial score (nSPS) is 11.8. The molecule has 0 aliphatic carbocycles. The Morgan fingerprint density at radius 1 is 1.32 bits per heavy atom. The Morgan fingerprint density at radius 2 is 1.95 bits per heavy atom. The number of aliphatic hydroxyl groups is 1. The Hall–Kier alpha value is -1.92. The Morgan fingerprint density at radius 3 is 2.45 bits per heavy atom. The van der Waals surface area contributed by atoms with Crippen molar-refractivity contribution in [2.45, 2.75) is 20.4 Å². The van der Waals surface area contributed by atoms with Gasteiger partial charge < -0.3 is 14.6 Å². The van der Waals surface area contributed by atoms with Gasteiger partial charge in [-0.05, 0) is 31.2 Å². The molecule has 0 bridgehead atoms. The van der Waals surface area contributed by atoms with Crippen molar-refractivity contribution in [1.29, 1.82) is 0 Å². The first kappa shape index (κ1) is 16.5. The summed E-state index contributed by atoms with van der Waals surface area (Å²) in [4.78, 5) is 19.8. The molecule has 1 N–H and O–H groups in total. The average Bonchev–Trinajstić information content (AvgIpc) is 2.77. The summed E-state index contributed by atoms with van der Waals surface area (Å²) in [5.74, 6) is 0.0265. The molecule has 2 aromatic rings. The summed E-state index contributed by atoms with van der Waals surface area (Å²) in [5.41, 5.74) is 2.79. The van der Waals surface area contributed by atoms with Crippen LogP contribution in [0.25, 0.3) is 0 Å². The maximum absolute atomic E-state index is 11.7. The van der Waals surface area contributed by atoms with Crippen molar-refractivity contribution >= 4 is 28.5 Å². The summed E-state index contributed by atoms with van der Waals surface area (Å²) in [6.07, 6.45) is 0. The van der Waals surface area contributed by atoms with E-state index in [-0.39, 0.29) is 12.4 Å². The quantitative estimate of drug-likeness (QED) is 0.861. The van der Waals surface area contributed by atoms with E-state index in [9.17, 15) is 9.90 Å². The molecule has 5 nitrogen and oxygen atoms in total. The van der Waals surface area contributed by atoms with Gasteiger partial charge in [-0.25, -0.2) is 4.99 Å². The zero-order valence-electron chi connectivity index (χ0n) is 13.3. The first-order valence-electron chi connectivity index (χ1n) is 7.08. The van der Waals surface area contributed by atoms with Crippen LogP contribution in [0.1, 0.15) is 22.3 Å². The molecule has 0 saturated carbocycles. The molecule has 0 atom stereocenters. The number of Topliss-reactive ketones (excluding diaryl/α,β-unsaturated/α-hetero) is 1. The molecular weight excluding hydrogens is 298 g/mol. The largest absolute Gasteiger partial charge is 0.395 e. The third kappa shape index (κ3) is 3.45. The first-order chi connectivity index (χ1) is 10.4. The average molecular weight is 319 g/mol. The molecule has 2 rings (SSSR count). The number of nitrogens with zero attached hydrogens (tertiary/aromatic N) is 3. The molecule has 0 spiro atoms. The minimum absolute atomic E-state index is 0.0155. The standard InChI is InChI=1S/C16H21N3O2S/c1-11-15(12(2)21)22-16(19(11)9-10-20)17-13-5-7-14(8-6-13)18(3)4/h5-8,20H,9-10H2,1-4H3/b17-16-. The fourth-order valence-corrected chi connectivity index (χ4v) is 3.27. The fourth-order valence-electron chi connectivity index (χ4n) is 2.20. The van der Waals surface area contributed by atoms with E-state index >= 15 is 0 Å². The molecule has 22 heavy (non-hydrogen) atoms. The zero-order chi connectivity index (χ0) is 16.3. The highest BCUT2D eigenvalue weighted by Crippen LogP contribution is 2.19. The van der Waals surface area contributed by atoms with Gasteiger partial charge in [-0.3, -0.25) is 4.79 Å². The molecular formula is C16H21N3O2S. The third-order valence-corrected chi connectivity index (χ3v) is 4.67. The van der Waals surface area contributed by atoms with E-state index in [0.29, 0.717) is 11.4 Å². The molecule has 0 fully saturated rings. The van der Waals surface area contributed by atoms with Crippen LogP contribution in [0.5, 0.6) is 0 Å². The van der Waals surface area contributed by atoms with Gasteiger partial charge in [0.05, 0.1) is 17.2 Å². The number of rotatable bonds is 5. The van der Waals surface area contributed by atoms with Crippen molar-refractivity contribution in [2.24, 2.45) is 4.99 Å². The van der Waals surface area contributed by atoms with E-state index in [0.717, 1.165) is 21.9 Å². The van der Waals surface area contributed by atoms with Crippen molar-refractivity contribution < 1.29 is 9.90 Å². The highest BCUT2D eigenvalue weighted by molar-refractivity contribution is 7.11. The SMILES string of the molecule is CC(=O)c1s/c(=N\c2ccc(N(C)C)cc2)n(CCO)c1C. The van der Waals surface area contributed by atoms with Crippen LogP contribution in [-0.4, -0.2) is 36.2 Å². The lowest BCUT2D eigenvalue weighted by molar-refractivity contribution is 0.102. The van der Waals surface area contributed by atoms with Crippen LogP contribution in [0.2, 0.25) is 0 Å². The van der Waals surface area contributed by atoms with E-state index in [1.165, 1.54) is 11.3 Å². The van der Waals surface area contributed by atoms with Crippen LogP contribution in [0.4, 0.5) is 11.4 Å². The van der Waals surface area contributed by atoms with Gasteiger partial charge in [0.25, 0.3) is 0 Å². The van der Waals surface area contributed by atoms with E-state index in [1.807, 2.05) is 54.8 Å². The van der Waals surface area contributed by atoms with Crippen molar-refractivity contribution in [1.82, 2.24) is 4.57 Å². The summed E-state index contributed by atoms with van der Waals surface area (Å²) >= 11 is 1.36. The molecule has 0 aliphatic heterocycles. The minimum Gasteiger partial charge on any atom is -0.395 e. The molecule has 0 aliphatic rings. The smallest absolute Gasteiger partial charge is 0.190 e. The monoisotopic (exact) mass is 319 g/mol. The Bertz CT molecular complexity index is 727. The summed E-state index contributed by atoms with van der Waals surface area (Å²) < 4.78 is 1.89. The van der Waals surface area contributed by atoms with Crippen molar-refractivity contribution in [3.63, 3.8) is 0 Å². The molecule has 6 heteroatoms. The van der Waals surface area contributed by atoms with Crippen LogP contribution in [0.3, 0.4) is 0 Å². The van der Waals surface area contributed by atoms with Crippen LogP contribution in [-0.2, 0) is 6.54 Å². The van der Waals surface area contributed by atoms with E-state index in [1.54, 1.807) is 6.92 Å². The lowest BCUT2D eigenvalue weighted by atomic mass is 10.3. The number of aromatic nitrogens is 1. The van der Waals surface area contributed by atoms with Gasteiger partial charge in [0.1, 0.15) is 0 Å². The molecule has 1 aromatic heterocycles. The molecule has 1 heterocycles. The number of hydrogen-bond acceptors (Lipinski definition) is 5. The second-order valence-corrected chi connectivity index (χ2v) is 6.23. The van der Waals surface area contributed by atoms with E-state index in [4.69, 9.17) is 0 Å². The van der Waals surface area contributed by atoms with E-state index < -0.39 is 0 Å². The second kappa shape index (κ2) is 6.89. The molecule has 118 valence electrons. The Balaban J connectivity index is 2.50. The van der Waals surface area contributed by atoms with Gasteiger partial charge in [-0.2, -0.15) is 0 Å². The number of aliphatic hydroxyl groups excluding tert-OH is 1. The lowest BCUT2D eigenvalue weighted by Gasteiger charge is -2.11. The summed E-state index contributed by atoms with van der Waals surface area (Å²) in [7, 11) is 3.98. The summed E-state index contributed by atoms with van der Waals surface area (Å²) in [6.45, 7) is 3.89. The highest BCUT2D eigenvalue weighted by Gasteiger charge is 2.13. The van der Waals surface area contributed by atoms with Gasteiger partial charge in [-0.15, -0.1) is 0 Å². The lowest BCUT2D eigenvalue weighted by Crippen LogP contribution is -2.18. The highest BCUT2D eigenvalue weighted by atomic mass is 32.1. The Labute approximate surface area is 134 Å². The maximum atomic E-state index is 11.7. The maximum Gasteiger partial charge on any atom is 0.190 e. The Kier molecular flexibility index (Phi) is 5.15. The molecule has 1 aromatic carbocycles. The van der Waals surface area contributed by atoms with Crippen LogP contribution in [0, 0.1) is 6.92 Å². The number of thiazole rings is 1. The third-order valence-electron chi connectivity index (χ3n) is 3.39. The van der Waals surface area contributed by atoms with Gasteiger partial charge in [0.15, 0.2) is 10.6 Å². The number of hydrogen-bond donors (Lipinski definition) is 1. The zero-order valence-corrected chi connectivity index (χ0v) is 14.1. The topological polar surface area (TPSA) is 57.8 Å². The molecule has 0 unspecified atom stereocenters. The predicted octanol–water partition coefficient (Wildman–Crippen LogP) is 2.35. The molecule has 0 saturated heterocycles. The first-order valence-corrected chi connectivity index (χ1v) is 7.90. The number of anilines is 1. The van der Waals surface area contributed by atoms with Crippen LogP contribution >= 0.6 is 11.3 Å². The van der Waals surface area contributed by atoms with Gasteiger partial charge in [0.2, 0.25) is 0 Å². The molecule has 0 radical (unpaired) electrons. The number of carbonyl (C=O) groups excluding carboxylic acids is 1. The van der Waals surface area contributed by atoms with Crippen molar-refractivity contribution in [3.8, 4) is 0 Å². The van der Waals surface area contributed by atoms with Gasteiger partial charge in [-0.1, -0.05) is 11.3 Å². The van der Waals surface area contributed by atoms with Crippen molar-refractivity contribution in [3.05, 3.63) is 39.6 Å². The predicted molar refractivity (Wildman–Crippen MR) is 90.1 cm³/mol. The van der Waals surface area contributed by atoms with Gasteiger partial charge in [0, 0.05) is 38.9 Å². The second-order valence-electron chi connectivity index (χ2n) is 5.25. The van der Waals surface area contributed by atoms with E-state index in [2.05, 4.69) is 4.99 Å². The van der Waals surface area contributed by atoms with Crippen LogP contribution in [0.15, 0.2) is 29.3 Å². The minimum atomic E-state index is 0.0155. The number of ketones is 1. The van der Waals surface area contributed by atoms with Crippen molar-refractivity contribution in [2.75, 3.05) is 25.6 Å². The fraction of sp³-hybridized carbons (Fsp3) is 0.375. The summed E-state index contributed by atoms with van der Waals surface area (Å²) in [6, 6.07) is 7.89. The molecule has 0 amide bonds. The number of benzene rings is 1. The summed E-state index contributed by atoms with van der Waals surface area (Å²) in [5, 5.41) is 9.23.